The average Bonchev–Trinajstić information content (AvgIpc) is 2.78. The zero-order valence-corrected chi connectivity index (χ0v) is 16.0. The van der Waals surface area contributed by atoms with Gasteiger partial charge in [0.2, 0.25) is 0 Å². The predicted molar refractivity (Wildman–Crippen MR) is 96.0 cm³/mol. The molecule has 0 aliphatic carbocycles. The molecular formula is C16H17Br2NOS. The van der Waals surface area contributed by atoms with Crippen molar-refractivity contribution in [2.24, 2.45) is 0 Å². The van der Waals surface area contributed by atoms with Gasteiger partial charge in [0.05, 0.1) is 14.1 Å². The Bertz CT molecular complexity index is 610. The van der Waals surface area contributed by atoms with Gasteiger partial charge in [-0.1, -0.05) is 30.3 Å². The lowest BCUT2D eigenvalue weighted by atomic mass is 10.1. The molecule has 0 N–H and O–H groups in total. The number of thiophene rings is 1. The molecular weight excluding hydrogens is 414 g/mol. The highest BCUT2D eigenvalue weighted by atomic mass is 79.9. The number of benzene rings is 1. The van der Waals surface area contributed by atoms with Gasteiger partial charge in [-0.25, -0.2) is 0 Å². The smallest absolute Gasteiger partial charge is 0.178 e. The maximum atomic E-state index is 12.5. The molecule has 5 heteroatoms. The van der Waals surface area contributed by atoms with Gasteiger partial charge in [0.25, 0.3) is 0 Å². The van der Waals surface area contributed by atoms with Crippen molar-refractivity contribution in [1.29, 1.82) is 0 Å². The molecule has 1 aromatic heterocycles. The standard InChI is InChI=1S/C16H17Br2NOS/c1-11(2)19(9-12-6-4-3-5-7-12)10-14(20)13-8-15(17)21-16(13)18/h3-8,11H,9-10H2,1-2H3. The summed E-state index contributed by atoms with van der Waals surface area (Å²) < 4.78 is 1.86. The van der Waals surface area contributed by atoms with Gasteiger partial charge < -0.3 is 0 Å². The molecule has 0 fully saturated rings. The fraction of sp³-hybridized carbons (Fsp3) is 0.312. The van der Waals surface area contributed by atoms with Gasteiger partial charge in [0, 0.05) is 18.2 Å². The fourth-order valence-electron chi connectivity index (χ4n) is 2.04. The normalized spacial score (nSPS) is 11.3. The van der Waals surface area contributed by atoms with E-state index < -0.39 is 0 Å². The Hall–Kier alpha value is -0.490. The third kappa shape index (κ3) is 4.74. The Kier molecular flexibility index (Phi) is 6.17. The summed E-state index contributed by atoms with van der Waals surface area (Å²) in [5, 5.41) is 0. The van der Waals surface area contributed by atoms with Crippen molar-refractivity contribution in [2.75, 3.05) is 6.54 Å². The molecule has 1 aromatic carbocycles. The van der Waals surface area contributed by atoms with Crippen LogP contribution < -0.4 is 0 Å². The highest BCUT2D eigenvalue weighted by molar-refractivity contribution is 9.12. The van der Waals surface area contributed by atoms with Crippen molar-refractivity contribution in [2.45, 2.75) is 26.4 Å². The van der Waals surface area contributed by atoms with Gasteiger partial charge in [0.15, 0.2) is 5.78 Å². The van der Waals surface area contributed by atoms with Crippen molar-refractivity contribution < 1.29 is 4.79 Å². The molecule has 0 saturated carbocycles. The van der Waals surface area contributed by atoms with Crippen molar-refractivity contribution in [1.82, 2.24) is 4.90 Å². The molecule has 0 aliphatic heterocycles. The van der Waals surface area contributed by atoms with Crippen LogP contribution in [0, 0.1) is 0 Å². The third-order valence-electron chi connectivity index (χ3n) is 3.26. The van der Waals surface area contributed by atoms with Crippen LogP contribution in [0.1, 0.15) is 29.8 Å². The number of ketones is 1. The number of Topliss-reactive ketones (excluding diaryl/α,β-unsaturated/α-hetero) is 1. The minimum atomic E-state index is 0.147. The topological polar surface area (TPSA) is 20.3 Å². The zero-order chi connectivity index (χ0) is 15.4. The summed E-state index contributed by atoms with van der Waals surface area (Å²) in [5.41, 5.74) is 1.98. The largest absolute Gasteiger partial charge is 0.293 e. The summed E-state index contributed by atoms with van der Waals surface area (Å²) in [7, 11) is 0. The average molecular weight is 431 g/mol. The lowest BCUT2D eigenvalue weighted by Gasteiger charge is -2.25. The highest BCUT2D eigenvalue weighted by Crippen LogP contribution is 2.32. The van der Waals surface area contributed by atoms with Gasteiger partial charge in [-0.05, 0) is 57.3 Å². The molecule has 2 rings (SSSR count). The Morgan fingerprint density at radius 1 is 1.24 bits per heavy atom. The van der Waals surface area contributed by atoms with Crippen LogP contribution in [-0.2, 0) is 6.54 Å². The minimum absolute atomic E-state index is 0.147. The second-order valence-corrected chi connectivity index (χ2v) is 8.89. The number of hydrogen-bond acceptors (Lipinski definition) is 3. The number of carbonyl (C=O) groups is 1. The van der Waals surface area contributed by atoms with E-state index in [0.29, 0.717) is 12.6 Å². The van der Waals surface area contributed by atoms with E-state index in [1.807, 2.05) is 24.3 Å². The number of carbonyl (C=O) groups excluding carboxylic acids is 1. The first-order valence-corrected chi connectivity index (χ1v) is 9.13. The number of nitrogens with zero attached hydrogens (tertiary/aromatic N) is 1. The molecule has 2 nitrogen and oxygen atoms in total. The van der Waals surface area contributed by atoms with E-state index in [1.165, 1.54) is 16.9 Å². The van der Waals surface area contributed by atoms with E-state index in [-0.39, 0.29) is 5.78 Å². The van der Waals surface area contributed by atoms with E-state index >= 15 is 0 Å². The summed E-state index contributed by atoms with van der Waals surface area (Å²) in [6.45, 7) is 5.45. The fourth-order valence-corrected chi connectivity index (χ4v) is 4.89. The Balaban J connectivity index is 2.09. The van der Waals surface area contributed by atoms with E-state index in [1.54, 1.807) is 0 Å². The maximum absolute atomic E-state index is 12.5. The number of hydrogen-bond donors (Lipinski definition) is 0. The first kappa shape index (κ1) is 16.9. The van der Waals surface area contributed by atoms with Crippen molar-refractivity contribution in [3.63, 3.8) is 0 Å². The van der Waals surface area contributed by atoms with Gasteiger partial charge in [-0.3, -0.25) is 9.69 Å². The van der Waals surface area contributed by atoms with Crippen molar-refractivity contribution >= 4 is 49.0 Å². The Labute approximate surface area is 146 Å². The SMILES string of the molecule is CC(C)N(CC(=O)c1cc(Br)sc1Br)Cc1ccccc1. The molecule has 21 heavy (non-hydrogen) atoms. The van der Waals surface area contributed by atoms with Crippen molar-refractivity contribution in [3.05, 3.63) is 55.1 Å². The Morgan fingerprint density at radius 2 is 1.90 bits per heavy atom. The van der Waals surface area contributed by atoms with Gasteiger partial charge in [0.1, 0.15) is 0 Å². The van der Waals surface area contributed by atoms with Crippen molar-refractivity contribution in [3.8, 4) is 0 Å². The Morgan fingerprint density at radius 3 is 2.43 bits per heavy atom. The molecule has 2 aromatic rings. The van der Waals surface area contributed by atoms with E-state index in [4.69, 9.17) is 0 Å². The second kappa shape index (κ2) is 7.68. The van der Waals surface area contributed by atoms with Crippen LogP contribution in [0.2, 0.25) is 0 Å². The van der Waals surface area contributed by atoms with Gasteiger partial charge >= 0.3 is 0 Å². The lowest BCUT2D eigenvalue weighted by molar-refractivity contribution is 0.0898. The summed E-state index contributed by atoms with van der Waals surface area (Å²) in [5.74, 6) is 0.147. The van der Waals surface area contributed by atoms with Crippen LogP contribution in [0.4, 0.5) is 0 Å². The molecule has 0 spiro atoms. The molecule has 0 radical (unpaired) electrons. The summed E-state index contributed by atoms with van der Waals surface area (Å²) in [6, 6.07) is 12.5. The highest BCUT2D eigenvalue weighted by Gasteiger charge is 2.19. The molecule has 112 valence electrons. The van der Waals surface area contributed by atoms with E-state index in [0.717, 1.165) is 19.7 Å². The third-order valence-corrected chi connectivity index (χ3v) is 5.60. The van der Waals surface area contributed by atoms with Crippen LogP contribution >= 0.6 is 43.2 Å². The van der Waals surface area contributed by atoms with Crippen LogP contribution in [0.25, 0.3) is 0 Å². The lowest BCUT2D eigenvalue weighted by Crippen LogP contribution is -2.35. The summed E-state index contributed by atoms with van der Waals surface area (Å²) >= 11 is 8.41. The molecule has 0 unspecified atom stereocenters. The number of rotatable bonds is 6. The zero-order valence-electron chi connectivity index (χ0n) is 12.0. The maximum Gasteiger partial charge on any atom is 0.178 e. The first-order chi connectivity index (χ1) is 9.97. The van der Waals surface area contributed by atoms with Crippen LogP contribution in [-0.4, -0.2) is 23.3 Å². The van der Waals surface area contributed by atoms with E-state index in [9.17, 15) is 4.79 Å². The molecule has 1 heterocycles. The number of halogens is 2. The van der Waals surface area contributed by atoms with Gasteiger partial charge in [-0.2, -0.15) is 0 Å². The first-order valence-electron chi connectivity index (χ1n) is 6.73. The quantitative estimate of drug-likeness (QED) is 0.574. The second-order valence-electron chi connectivity index (χ2n) is 5.15. The molecule has 0 bridgehead atoms. The minimum Gasteiger partial charge on any atom is -0.293 e. The van der Waals surface area contributed by atoms with Crippen LogP contribution in [0.5, 0.6) is 0 Å². The summed E-state index contributed by atoms with van der Waals surface area (Å²) in [4.78, 5) is 14.7. The van der Waals surface area contributed by atoms with Crippen LogP contribution in [0.15, 0.2) is 44.0 Å². The van der Waals surface area contributed by atoms with Gasteiger partial charge in [-0.15, -0.1) is 11.3 Å². The summed E-state index contributed by atoms with van der Waals surface area (Å²) in [6.07, 6.45) is 0. The molecule has 0 aliphatic rings. The predicted octanol–water partition coefficient (Wildman–Crippen LogP) is 5.37. The molecule has 0 amide bonds. The monoisotopic (exact) mass is 429 g/mol. The van der Waals surface area contributed by atoms with E-state index in [2.05, 4.69) is 62.7 Å². The van der Waals surface area contributed by atoms with Crippen LogP contribution in [0.3, 0.4) is 0 Å². The molecule has 0 saturated heterocycles. The molecule has 0 atom stereocenters.